The lowest BCUT2D eigenvalue weighted by atomic mass is 9.46. The van der Waals surface area contributed by atoms with Gasteiger partial charge in [-0.3, -0.25) is 0 Å². The fourth-order valence-electron chi connectivity index (χ4n) is 4.13. The zero-order valence-electron chi connectivity index (χ0n) is 12.4. The highest BCUT2D eigenvalue weighted by molar-refractivity contribution is 5.35. The van der Waals surface area contributed by atoms with Crippen molar-refractivity contribution < 1.29 is 0 Å². The van der Waals surface area contributed by atoms with E-state index in [9.17, 15) is 0 Å². The van der Waals surface area contributed by atoms with E-state index in [0.717, 1.165) is 12.8 Å². The van der Waals surface area contributed by atoms with Crippen LogP contribution in [0.15, 0.2) is 24.3 Å². The molecule has 104 valence electrons. The van der Waals surface area contributed by atoms with Crippen molar-refractivity contribution in [3.63, 3.8) is 0 Å². The molecule has 1 spiro atoms. The lowest BCUT2D eigenvalue weighted by Crippen LogP contribution is -2.63. The van der Waals surface area contributed by atoms with Gasteiger partial charge >= 0.3 is 0 Å². The highest BCUT2D eigenvalue weighted by Crippen LogP contribution is 2.62. The monoisotopic (exact) mass is 258 g/mol. The van der Waals surface area contributed by atoms with Crippen molar-refractivity contribution in [2.75, 3.05) is 0 Å². The van der Waals surface area contributed by atoms with Crippen LogP contribution in [0.25, 0.3) is 0 Å². The van der Waals surface area contributed by atoms with Crippen LogP contribution in [0.4, 0.5) is 0 Å². The van der Waals surface area contributed by atoms with Crippen LogP contribution in [0, 0.1) is 5.41 Å². The van der Waals surface area contributed by atoms with Crippen molar-refractivity contribution in [1.29, 1.82) is 0 Å². The Labute approximate surface area is 116 Å². The van der Waals surface area contributed by atoms with Gasteiger partial charge in [-0.2, -0.15) is 0 Å². The molecule has 2 heteroatoms. The zero-order valence-corrected chi connectivity index (χ0v) is 12.4. The van der Waals surface area contributed by atoms with E-state index in [-0.39, 0.29) is 11.0 Å². The third-order valence-corrected chi connectivity index (χ3v) is 5.10. The topological polar surface area (TPSA) is 52.0 Å². The molecule has 19 heavy (non-hydrogen) atoms. The Kier molecular flexibility index (Phi) is 2.65. The van der Waals surface area contributed by atoms with Crippen molar-refractivity contribution in [1.82, 2.24) is 0 Å². The van der Waals surface area contributed by atoms with Gasteiger partial charge in [-0.15, -0.1) is 0 Å². The number of hydrogen-bond acceptors (Lipinski definition) is 2. The van der Waals surface area contributed by atoms with Gasteiger partial charge in [0.1, 0.15) is 0 Å². The van der Waals surface area contributed by atoms with Crippen LogP contribution in [0.1, 0.15) is 57.6 Å². The second kappa shape index (κ2) is 3.83. The Bertz CT molecular complexity index is 467. The molecule has 0 radical (unpaired) electrons. The molecule has 2 saturated carbocycles. The van der Waals surface area contributed by atoms with Crippen LogP contribution in [0.2, 0.25) is 0 Å². The molecule has 0 aromatic heterocycles. The molecular formula is C17H26N2. The van der Waals surface area contributed by atoms with Gasteiger partial charge in [0, 0.05) is 11.6 Å². The normalized spacial score (nSPS) is 37.8. The summed E-state index contributed by atoms with van der Waals surface area (Å²) in [6, 6.07) is 9.36. The van der Waals surface area contributed by atoms with Gasteiger partial charge in [0.05, 0.1) is 0 Å². The maximum Gasteiger partial charge on any atom is 0.0420 e. The van der Waals surface area contributed by atoms with E-state index in [0.29, 0.717) is 11.5 Å². The zero-order chi connectivity index (χ0) is 13.9. The summed E-state index contributed by atoms with van der Waals surface area (Å²) in [4.78, 5) is 0. The summed E-state index contributed by atoms with van der Waals surface area (Å²) >= 11 is 0. The lowest BCUT2D eigenvalue weighted by molar-refractivity contribution is -0.0590. The number of rotatable bonds is 1. The van der Waals surface area contributed by atoms with Gasteiger partial charge in [-0.1, -0.05) is 45.0 Å². The molecule has 2 aliphatic rings. The quantitative estimate of drug-likeness (QED) is 0.813. The van der Waals surface area contributed by atoms with Crippen molar-refractivity contribution in [3.05, 3.63) is 35.4 Å². The first-order valence-electron chi connectivity index (χ1n) is 7.38. The Morgan fingerprint density at radius 2 is 1.58 bits per heavy atom. The van der Waals surface area contributed by atoms with Gasteiger partial charge < -0.3 is 11.5 Å². The molecule has 1 aromatic rings. The number of nitrogens with two attached hydrogens (primary N) is 2. The van der Waals surface area contributed by atoms with E-state index in [2.05, 4.69) is 45.0 Å². The van der Waals surface area contributed by atoms with Gasteiger partial charge in [-0.05, 0) is 47.6 Å². The summed E-state index contributed by atoms with van der Waals surface area (Å²) in [5.41, 5.74) is 15.8. The van der Waals surface area contributed by atoms with E-state index in [1.54, 1.807) is 0 Å². The van der Waals surface area contributed by atoms with Gasteiger partial charge in [0.15, 0.2) is 0 Å². The fourth-order valence-corrected chi connectivity index (χ4v) is 4.13. The van der Waals surface area contributed by atoms with Crippen molar-refractivity contribution >= 4 is 0 Å². The Balaban J connectivity index is 1.74. The molecule has 0 bridgehead atoms. The minimum Gasteiger partial charge on any atom is -0.328 e. The summed E-state index contributed by atoms with van der Waals surface area (Å²) in [5.74, 6) is 0. The molecule has 0 amide bonds. The fraction of sp³-hybridized carbons (Fsp3) is 0.647. The molecule has 0 aliphatic heterocycles. The van der Waals surface area contributed by atoms with E-state index < -0.39 is 0 Å². The maximum absolute atomic E-state index is 6.57. The summed E-state index contributed by atoms with van der Waals surface area (Å²) in [6.07, 6.45) is 4.57. The van der Waals surface area contributed by atoms with Crippen molar-refractivity contribution in [3.8, 4) is 0 Å². The van der Waals surface area contributed by atoms with Crippen LogP contribution in [0.3, 0.4) is 0 Å². The van der Waals surface area contributed by atoms with Crippen molar-refractivity contribution in [2.24, 2.45) is 16.9 Å². The highest BCUT2D eigenvalue weighted by Gasteiger charge is 2.58. The lowest BCUT2D eigenvalue weighted by Gasteiger charge is -2.62. The Hall–Kier alpha value is -0.860. The minimum absolute atomic E-state index is 0.101. The maximum atomic E-state index is 6.57. The smallest absolute Gasteiger partial charge is 0.0420 e. The molecular weight excluding hydrogens is 232 g/mol. The first-order chi connectivity index (χ1) is 8.73. The van der Waals surface area contributed by atoms with Crippen LogP contribution in [-0.4, -0.2) is 6.04 Å². The van der Waals surface area contributed by atoms with Crippen LogP contribution < -0.4 is 11.5 Å². The van der Waals surface area contributed by atoms with E-state index >= 15 is 0 Å². The molecule has 3 rings (SSSR count). The summed E-state index contributed by atoms with van der Waals surface area (Å²) in [6.45, 7) is 6.73. The van der Waals surface area contributed by atoms with E-state index in [4.69, 9.17) is 11.5 Å². The molecule has 0 saturated heterocycles. The molecule has 2 fully saturated rings. The molecule has 4 N–H and O–H groups in total. The second-order valence-electron chi connectivity index (χ2n) is 8.01. The predicted molar refractivity (Wildman–Crippen MR) is 79.9 cm³/mol. The Morgan fingerprint density at radius 3 is 2.00 bits per heavy atom. The second-order valence-corrected chi connectivity index (χ2v) is 8.01. The van der Waals surface area contributed by atoms with E-state index in [1.807, 2.05) is 0 Å². The number of benzene rings is 1. The first kappa shape index (κ1) is 13.1. The largest absolute Gasteiger partial charge is 0.328 e. The summed E-state index contributed by atoms with van der Waals surface area (Å²) in [7, 11) is 0. The summed E-state index contributed by atoms with van der Waals surface area (Å²) in [5, 5.41) is 0. The van der Waals surface area contributed by atoms with E-state index in [1.165, 1.54) is 24.0 Å². The van der Waals surface area contributed by atoms with Crippen LogP contribution in [0.5, 0.6) is 0 Å². The average Bonchev–Trinajstić information content (AvgIpc) is 2.24. The molecule has 2 aliphatic carbocycles. The van der Waals surface area contributed by atoms with Gasteiger partial charge in [0.25, 0.3) is 0 Å². The standard InChI is InChI=1S/C17H26N2/c1-15(2,3)12-4-6-13(7-5-12)17(19)10-16(11-17)8-14(18)9-16/h4-7,14H,8-11,18-19H2,1-3H3. The highest BCUT2D eigenvalue weighted by atomic mass is 14.9. The average molecular weight is 258 g/mol. The SMILES string of the molecule is CC(C)(C)c1ccc(C2(N)CC3(CC(N)C3)C2)cc1. The van der Waals surface area contributed by atoms with Gasteiger partial charge in [0.2, 0.25) is 0 Å². The minimum atomic E-state index is -0.101. The molecule has 1 aromatic carbocycles. The number of hydrogen-bond donors (Lipinski definition) is 2. The van der Waals surface area contributed by atoms with Gasteiger partial charge in [-0.25, -0.2) is 0 Å². The third kappa shape index (κ3) is 2.11. The molecule has 0 heterocycles. The van der Waals surface area contributed by atoms with Crippen molar-refractivity contribution in [2.45, 2.75) is 63.5 Å². The molecule has 0 unspecified atom stereocenters. The third-order valence-electron chi connectivity index (χ3n) is 5.10. The molecule has 0 atom stereocenters. The summed E-state index contributed by atoms with van der Waals surface area (Å²) < 4.78 is 0. The Morgan fingerprint density at radius 1 is 1.05 bits per heavy atom. The molecule has 2 nitrogen and oxygen atoms in total. The van der Waals surface area contributed by atoms with Crippen LogP contribution >= 0.6 is 0 Å². The van der Waals surface area contributed by atoms with Crippen LogP contribution in [-0.2, 0) is 11.0 Å². The predicted octanol–water partition coefficient (Wildman–Crippen LogP) is 3.04. The first-order valence-corrected chi connectivity index (χ1v) is 7.38.